The lowest BCUT2D eigenvalue weighted by atomic mass is 9.76. The Labute approximate surface area is 124 Å². The highest BCUT2D eigenvalue weighted by molar-refractivity contribution is 7.89. The van der Waals surface area contributed by atoms with E-state index in [0.29, 0.717) is 12.0 Å². The van der Waals surface area contributed by atoms with Gasteiger partial charge in [-0.15, -0.1) is 0 Å². The molecule has 0 radical (unpaired) electrons. The van der Waals surface area contributed by atoms with E-state index >= 15 is 0 Å². The van der Waals surface area contributed by atoms with E-state index in [1.807, 2.05) is 6.92 Å². The maximum atomic E-state index is 14.0. The van der Waals surface area contributed by atoms with Gasteiger partial charge in [0.05, 0.1) is 0 Å². The van der Waals surface area contributed by atoms with E-state index in [0.717, 1.165) is 25.3 Å². The third-order valence-corrected chi connectivity index (χ3v) is 5.48. The predicted octanol–water partition coefficient (Wildman–Crippen LogP) is 1.78. The zero-order chi connectivity index (χ0) is 15.5. The van der Waals surface area contributed by atoms with Gasteiger partial charge in [0.1, 0.15) is 17.3 Å². The summed E-state index contributed by atoms with van der Waals surface area (Å²) in [5, 5.41) is 8.60. The van der Waals surface area contributed by atoms with Gasteiger partial charge in [-0.25, -0.2) is 17.5 Å². The van der Waals surface area contributed by atoms with Gasteiger partial charge in [-0.05, 0) is 43.9 Å². The van der Waals surface area contributed by atoms with Crippen LogP contribution in [0.1, 0.15) is 38.2 Å². The van der Waals surface area contributed by atoms with Crippen molar-refractivity contribution in [2.45, 2.75) is 43.0 Å². The summed E-state index contributed by atoms with van der Waals surface area (Å²) in [5.41, 5.74) is -0.102. The van der Waals surface area contributed by atoms with Crippen LogP contribution in [0.25, 0.3) is 0 Å². The van der Waals surface area contributed by atoms with Gasteiger partial charge in [0, 0.05) is 11.1 Å². The molecule has 0 unspecified atom stereocenters. The highest BCUT2D eigenvalue weighted by Crippen LogP contribution is 2.36. The fourth-order valence-corrected chi connectivity index (χ4v) is 4.00. The summed E-state index contributed by atoms with van der Waals surface area (Å²) in [5.74, 6) is 4.09. The molecule has 0 aromatic heterocycles. The van der Waals surface area contributed by atoms with E-state index in [4.69, 9.17) is 5.11 Å². The number of hydrogen-bond donors (Lipinski definition) is 2. The van der Waals surface area contributed by atoms with Crippen LogP contribution >= 0.6 is 0 Å². The second-order valence-corrected chi connectivity index (χ2v) is 6.85. The fraction of sp³-hybridized carbons (Fsp3) is 0.467. The molecule has 114 valence electrons. The number of hydrogen-bond acceptors (Lipinski definition) is 3. The zero-order valence-electron chi connectivity index (χ0n) is 11.8. The molecule has 1 aliphatic carbocycles. The van der Waals surface area contributed by atoms with Crippen molar-refractivity contribution >= 4 is 10.0 Å². The summed E-state index contributed by atoms with van der Waals surface area (Å²) in [6.45, 7) is 1.59. The zero-order valence-corrected chi connectivity index (χ0v) is 12.6. The van der Waals surface area contributed by atoms with E-state index < -0.39 is 21.4 Å². The summed E-state index contributed by atoms with van der Waals surface area (Å²) in [7, 11) is -3.88. The molecule has 6 heteroatoms. The van der Waals surface area contributed by atoms with Crippen LogP contribution in [0, 0.1) is 17.7 Å². The fourth-order valence-electron chi connectivity index (χ4n) is 2.41. The van der Waals surface area contributed by atoms with Crippen molar-refractivity contribution in [3.63, 3.8) is 0 Å². The minimum Gasteiger partial charge on any atom is -0.384 e. The molecular weight excluding hydrogens is 293 g/mol. The van der Waals surface area contributed by atoms with Crippen molar-refractivity contribution < 1.29 is 17.9 Å². The van der Waals surface area contributed by atoms with Crippen molar-refractivity contribution in [1.29, 1.82) is 0 Å². The topological polar surface area (TPSA) is 66.4 Å². The van der Waals surface area contributed by atoms with Gasteiger partial charge in [-0.3, -0.25) is 0 Å². The van der Waals surface area contributed by atoms with Crippen LogP contribution in [0.3, 0.4) is 0 Å². The van der Waals surface area contributed by atoms with Crippen LogP contribution in [0.4, 0.5) is 4.39 Å². The number of benzene rings is 1. The quantitative estimate of drug-likeness (QED) is 0.833. The number of aliphatic hydroxyl groups excluding tert-OH is 1. The van der Waals surface area contributed by atoms with E-state index in [1.165, 1.54) is 12.1 Å². The molecule has 1 fully saturated rings. The van der Waals surface area contributed by atoms with E-state index in [9.17, 15) is 12.8 Å². The highest BCUT2D eigenvalue weighted by atomic mass is 32.2. The summed E-state index contributed by atoms with van der Waals surface area (Å²) in [6.07, 6.45) is 3.23. The third kappa shape index (κ3) is 3.43. The van der Waals surface area contributed by atoms with Crippen LogP contribution in [-0.4, -0.2) is 25.7 Å². The van der Waals surface area contributed by atoms with Gasteiger partial charge in [0.2, 0.25) is 10.0 Å². The van der Waals surface area contributed by atoms with Crippen molar-refractivity contribution in [2.24, 2.45) is 0 Å². The molecule has 1 aromatic rings. The Bertz CT molecular complexity index is 679. The predicted molar refractivity (Wildman–Crippen MR) is 77.6 cm³/mol. The van der Waals surface area contributed by atoms with E-state index in [1.54, 1.807) is 0 Å². The monoisotopic (exact) mass is 311 g/mol. The lowest BCUT2D eigenvalue weighted by Crippen LogP contribution is -2.52. The Morgan fingerprint density at radius 1 is 1.43 bits per heavy atom. The first kappa shape index (κ1) is 16.0. The molecule has 4 nitrogen and oxygen atoms in total. The molecule has 21 heavy (non-hydrogen) atoms. The Kier molecular flexibility index (Phi) is 4.67. The molecule has 2 rings (SSSR count). The Balaban J connectivity index is 2.28. The molecule has 1 saturated carbocycles. The maximum absolute atomic E-state index is 14.0. The van der Waals surface area contributed by atoms with Gasteiger partial charge in [0.15, 0.2) is 0 Å². The number of halogens is 1. The number of aliphatic hydroxyl groups is 1. The van der Waals surface area contributed by atoms with Crippen LogP contribution in [-0.2, 0) is 10.0 Å². The van der Waals surface area contributed by atoms with Gasteiger partial charge in [-0.2, -0.15) is 0 Å². The van der Waals surface area contributed by atoms with Gasteiger partial charge < -0.3 is 5.11 Å². The first-order valence-corrected chi connectivity index (χ1v) is 8.34. The van der Waals surface area contributed by atoms with Gasteiger partial charge >= 0.3 is 0 Å². The minimum absolute atomic E-state index is 0.328. The molecule has 1 aliphatic rings. The molecule has 0 aliphatic heterocycles. The third-order valence-electron chi connectivity index (χ3n) is 3.87. The SMILES string of the molecule is CCC1(NS(=O)(=O)c2ccc(C#CCO)cc2F)CCC1. The van der Waals surface area contributed by atoms with Gasteiger partial charge in [0.25, 0.3) is 0 Å². The first-order valence-electron chi connectivity index (χ1n) is 6.86. The Morgan fingerprint density at radius 2 is 2.14 bits per heavy atom. The molecule has 0 saturated heterocycles. The maximum Gasteiger partial charge on any atom is 0.243 e. The molecule has 0 spiro atoms. The summed E-state index contributed by atoms with van der Waals surface area (Å²) >= 11 is 0. The van der Waals surface area contributed by atoms with Crippen LogP contribution < -0.4 is 4.72 Å². The molecule has 2 N–H and O–H groups in total. The van der Waals surface area contributed by atoms with Crippen molar-refractivity contribution in [3.05, 3.63) is 29.6 Å². The second-order valence-electron chi connectivity index (χ2n) is 5.20. The molecule has 0 amide bonds. The smallest absolute Gasteiger partial charge is 0.243 e. The van der Waals surface area contributed by atoms with E-state index in [-0.39, 0.29) is 11.5 Å². The van der Waals surface area contributed by atoms with Crippen LogP contribution in [0.15, 0.2) is 23.1 Å². The number of sulfonamides is 1. The Morgan fingerprint density at radius 3 is 2.62 bits per heavy atom. The Hall–Kier alpha value is -1.42. The lowest BCUT2D eigenvalue weighted by Gasteiger charge is -2.41. The first-order chi connectivity index (χ1) is 9.92. The van der Waals surface area contributed by atoms with Gasteiger partial charge in [-0.1, -0.05) is 18.8 Å². The highest BCUT2D eigenvalue weighted by Gasteiger charge is 2.39. The lowest BCUT2D eigenvalue weighted by molar-refractivity contribution is 0.213. The van der Waals surface area contributed by atoms with Crippen molar-refractivity contribution in [1.82, 2.24) is 4.72 Å². The summed E-state index contributed by atoms with van der Waals surface area (Å²) < 4.78 is 41.3. The average Bonchev–Trinajstić information content (AvgIpc) is 2.40. The molecule has 0 heterocycles. The summed E-state index contributed by atoms with van der Waals surface area (Å²) in [6, 6.07) is 3.71. The molecule has 0 atom stereocenters. The average molecular weight is 311 g/mol. The normalized spacial score (nSPS) is 16.7. The number of nitrogens with one attached hydrogen (secondary N) is 1. The standard InChI is InChI=1S/C15H18FNO3S/c1-2-15(8-4-9-15)17-21(19,20)14-7-6-12(5-3-10-18)11-13(14)16/h6-7,11,17-18H,2,4,8-10H2,1H3. The largest absolute Gasteiger partial charge is 0.384 e. The molecule has 1 aromatic carbocycles. The minimum atomic E-state index is -3.88. The van der Waals surface area contributed by atoms with Crippen LogP contribution in [0.2, 0.25) is 0 Å². The molecular formula is C15H18FNO3S. The van der Waals surface area contributed by atoms with E-state index in [2.05, 4.69) is 16.6 Å². The second kappa shape index (κ2) is 6.14. The summed E-state index contributed by atoms with van der Waals surface area (Å²) in [4.78, 5) is -0.364. The van der Waals surface area contributed by atoms with Crippen molar-refractivity contribution in [3.8, 4) is 11.8 Å². The molecule has 0 bridgehead atoms. The number of rotatable bonds is 4. The van der Waals surface area contributed by atoms with Crippen molar-refractivity contribution in [2.75, 3.05) is 6.61 Å². The van der Waals surface area contributed by atoms with Crippen LogP contribution in [0.5, 0.6) is 0 Å².